The Kier molecular flexibility index (Phi) is 5.65. The van der Waals surface area contributed by atoms with Gasteiger partial charge in [-0.05, 0) is 37.1 Å². The lowest BCUT2D eigenvalue weighted by atomic mass is 9.96. The summed E-state index contributed by atoms with van der Waals surface area (Å²) in [5, 5.41) is 10.7. The van der Waals surface area contributed by atoms with Crippen molar-refractivity contribution in [1.29, 1.82) is 5.26 Å². The molecule has 0 atom stereocenters. The van der Waals surface area contributed by atoms with E-state index in [1.165, 1.54) is 0 Å². The highest BCUT2D eigenvalue weighted by atomic mass is 31.1. The number of fused-ring (bicyclic) bond motifs is 1. The first-order valence-corrected chi connectivity index (χ1v) is 8.36. The van der Waals surface area contributed by atoms with Gasteiger partial charge in [0.05, 0.1) is 18.2 Å². The number of hydrogen-bond acceptors (Lipinski definition) is 4. The molecule has 0 aromatic heterocycles. The maximum Gasteiger partial charge on any atom is 0.269 e. The number of benzene rings is 2. The standard InChI is InChI=1S/C18H17N2O3P/c1-5-22-18(24-21,23-6-2)16-10-9-13-14(17(16)20-4)8-7-12(3)15(13)11-19/h7-10H,5-6H2,1-3H3. The molecule has 2 aromatic carbocycles. The van der Waals surface area contributed by atoms with Gasteiger partial charge < -0.3 is 9.47 Å². The molecule has 24 heavy (non-hydrogen) atoms. The fraction of sp³-hybridized carbons (Fsp3) is 0.333. The van der Waals surface area contributed by atoms with Crippen LogP contribution in [-0.4, -0.2) is 13.2 Å². The van der Waals surface area contributed by atoms with Crippen LogP contribution in [0, 0.1) is 24.8 Å². The number of ether oxygens (including phenoxy) is 2. The minimum absolute atomic E-state index is 0.280. The molecule has 0 amide bonds. The molecule has 0 fully saturated rings. The van der Waals surface area contributed by atoms with Crippen LogP contribution in [0.4, 0.5) is 5.69 Å². The molecule has 2 aromatic rings. The molecule has 0 bridgehead atoms. The van der Waals surface area contributed by atoms with Gasteiger partial charge in [-0.2, -0.15) is 5.26 Å². The van der Waals surface area contributed by atoms with E-state index in [0.717, 1.165) is 5.56 Å². The van der Waals surface area contributed by atoms with Gasteiger partial charge in [-0.3, -0.25) is 4.57 Å². The van der Waals surface area contributed by atoms with Crippen LogP contribution in [0.3, 0.4) is 0 Å². The average Bonchev–Trinajstić information content (AvgIpc) is 2.60. The Bertz CT molecular complexity index is 859. The smallest absolute Gasteiger partial charge is 0.269 e. The van der Waals surface area contributed by atoms with Crippen molar-refractivity contribution in [3.8, 4) is 6.07 Å². The van der Waals surface area contributed by atoms with Gasteiger partial charge in [0.25, 0.3) is 5.53 Å². The predicted octanol–water partition coefficient (Wildman–Crippen LogP) is 5.05. The monoisotopic (exact) mass is 340 g/mol. The van der Waals surface area contributed by atoms with Gasteiger partial charge >= 0.3 is 0 Å². The minimum Gasteiger partial charge on any atom is -0.338 e. The molecule has 6 heteroatoms. The van der Waals surface area contributed by atoms with Gasteiger partial charge in [0.15, 0.2) is 0 Å². The first-order valence-electron chi connectivity index (χ1n) is 7.55. The summed E-state index contributed by atoms with van der Waals surface area (Å²) in [7, 11) is -0.379. The summed E-state index contributed by atoms with van der Waals surface area (Å²) in [5.74, 6) is 0. The predicted molar refractivity (Wildman–Crippen MR) is 92.2 cm³/mol. The van der Waals surface area contributed by atoms with Gasteiger partial charge in [0.2, 0.25) is 14.1 Å². The number of hydrogen-bond donors (Lipinski definition) is 0. The Labute approximate surface area is 142 Å². The van der Waals surface area contributed by atoms with Crippen molar-refractivity contribution in [2.45, 2.75) is 26.3 Å². The molecule has 0 aliphatic rings. The summed E-state index contributed by atoms with van der Waals surface area (Å²) in [5.41, 5.74) is 0.542. The van der Waals surface area contributed by atoms with Crippen LogP contribution >= 0.6 is 8.46 Å². The molecule has 5 nitrogen and oxygen atoms in total. The Morgan fingerprint density at radius 1 is 1.21 bits per heavy atom. The van der Waals surface area contributed by atoms with E-state index >= 15 is 0 Å². The van der Waals surface area contributed by atoms with Crippen LogP contribution in [0.5, 0.6) is 0 Å². The SMILES string of the molecule is [C-]#[N+]c1c(C(OCC)(OCC)P=O)ccc2c(C#N)c(C)ccc12. The van der Waals surface area contributed by atoms with Gasteiger partial charge in [0.1, 0.15) is 0 Å². The number of aryl methyl sites for hydroxylation is 1. The van der Waals surface area contributed by atoms with Crippen molar-refractivity contribution >= 4 is 24.9 Å². The van der Waals surface area contributed by atoms with Crippen molar-refractivity contribution in [1.82, 2.24) is 0 Å². The van der Waals surface area contributed by atoms with Gasteiger partial charge in [0, 0.05) is 18.8 Å². The Morgan fingerprint density at radius 2 is 1.83 bits per heavy atom. The highest BCUT2D eigenvalue weighted by molar-refractivity contribution is 7.25. The second-order valence-corrected chi connectivity index (χ2v) is 5.85. The van der Waals surface area contributed by atoms with Gasteiger partial charge in [-0.15, -0.1) is 0 Å². The molecule has 0 saturated heterocycles. The summed E-state index contributed by atoms with van der Waals surface area (Å²) >= 11 is 0. The fourth-order valence-corrected chi connectivity index (χ4v) is 3.36. The minimum atomic E-state index is -1.52. The largest absolute Gasteiger partial charge is 0.338 e. The Morgan fingerprint density at radius 3 is 2.33 bits per heavy atom. The normalized spacial score (nSPS) is 11.4. The molecule has 2 rings (SSSR count). The maximum absolute atomic E-state index is 11.9. The molecule has 0 saturated carbocycles. The van der Waals surface area contributed by atoms with Crippen molar-refractivity contribution < 1.29 is 14.0 Å². The lowest BCUT2D eigenvalue weighted by Gasteiger charge is -2.28. The molecule has 0 spiro atoms. The van der Waals surface area contributed by atoms with E-state index in [1.807, 2.05) is 6.92 Å². The highest BCUT2D eigenvalue weighted by Gasteiger charge is 2.38. The van der Waals surface area contributed by atoms with Crippen molar-refractivity contribution in [2.24, 2.45) is 0 Å². The highest BCUT2D eigenvalue weighted by Crippen LogP contribution is 2.46. The topological polar surface area (TPSA) is 63.7 Å². The summed E-state index contributed by atoms with van der Waals surface area (Å²) in [6, 6.07) is 9.20. The summed E-state index contributed by atoms with van der Waals surface area (Å²) in [6.45, 7) is 13.5. The van der Waals surface area contributed by atoms with E-state index in [-0.39, 0.29) is 27.4 Å². The lowest BCUT2D eigenvalue weighted by Crippen LogP contribution is -2.27. The van der Waals surface area contributed by atoms with Crippen LogP contribution in [0.15, 0.2) is 24.3 Å². The molecule has 0 aliphatic heterocycles. The van der Waals surface area contributed by atoms with Crippen LogP contribution in [0.25, 0.3) is 15.6 Å². The van der Waals surface area contributed by atoms with Crippen molar-refractivity contribution in [2.75, 3.05) is 13.2 Å². The number of nitrogens with zero attached hydrogens (tertiary/aromatic N) is 2. The molecular formula is C18H17N2O3P. The van der Waals surface area contributed by atoms with E-state index in [2.05, 4.69) is 10.9 Å². The third-order valence-electron chi connectivity index (χ3n) is 3.74. The molecule has 0 N–H and O–H groups in total. The second-order valence-electron chi connectivity index (χ2n) is 5.08. The van der Waals surface area contributed by atoms with Crippen molar-refractivity contribution in [3.63, 3.8) is 0 Å². The first-order chi connectivity index (χ1) is 11.6. The second kappa shape index (κ2) is 7.51. The lowest BCUT2D eigenvalue weighted by molar-refractivity contribution is -0.176. The van der Waals surface area contributed by atoms with E-state index in [1.54, 1.807) is 38.1 Å². The zero-order valence-electron chi connectivity index (χ0n) is 13.8. The Hall–Kier alpha value is -2.30. The number of nitriles is 1. The van der Waals surface area contributed by atoms with Crippen LogP contribution < -0.4 is 0 Å². The maximum atomic E-state index is 11.9. The van der Waals surface area contributed by atoms with Crippen LogP contribution in [-0.2, 0) is 19.6 Å². The summed E-state index contributed by atoms with van der Waals surface area (Å²) in [6.07, 6.45) is 0. The molecule has 0 unspecified atom stereocenters. The zero-order chi connectivity index (χ0) is 17.7. The molecule has 122 valence electrons. The Balaban J connectivity index is 2.86. The van der Waals surface area contributed by atoms with E-state index < -0.39 is 5.53 Å². The van der Waals surface area contributed by atoms with Crippen molar-refractivity contribution in [3.05, 3.63) is 52.4 Å². The van der Waals surface area contributed by atoms with Crippen LogP contribution in [0.2, 0.25) is 0 Å². The molecule has 0 radical (unpaired) electrons. The van der Waals surface area contributed by atoms with Gasteiger partial charge in [-0.25, -0.2) is 4.85 Å². The van der Waals surface area contributed by atoms with Crippen LogP contribution in [0.1, 0.15) is 30.5 Å². The summed E-state index contributed by atoms with van der Waals surface area (Å²) < 4.78 is 23.1. The molecule has 0 aliphatic carbocycles. The van der Waals surface area contributed by atoms with E-state index in [4.69, 9.17) is 16.0 Å². The average molecular weight is 340 g/mol. The first kappa shape index (κ1) is 18.0. The van der Waals surface area contributed by atoms with E-state index in [0.29, 0.717) is 21.9 Å². The van der Waals surface area contributed by atoms with Gasteiger partial charge in [-0.1, -0.05) is 24.3 Å². The third kappa shape index (κ3) is 2.90. The molecule has 0 heterocycles. The zero-order valence-corrected chi connectivity index (χ0v) is 14.7. The fourth-order valence-electron chi connectivity index (χ4n) is 2.71. The quantitative estimate of drug-likeness (QED) is 0.419. The summed E-state index contributed by atoms with van der Waals surface area (Å²) in [4.78, 5) is 3.62. The number of rotatable bonds is 6. The van der Waals surface area contributed by atoms with E-state index in [9.17, 15) is 9.83 Å². The molecular weight excluding hydrogens is 323 g/mol. The third-order valence-corrected chi connectivity index (χ3v) is 4.48.